The number of nitrogens with two attached hydrogens (primary N) is 1. The molecule has 1 fully saturated rings. The first kappa shape index (κ1) is 15.5. The van der Waals surface area contributed by atoms with Gasteiger partial charge in [0.25, 0.3) is 0 Å². The molecule has 0 radical (unpaired) electrons. The minimum absolute atomic E-state index is 0.385. The SMILES string of the molecule is Cc1ccc(C(CN)N2CCC(CN(C)C)CC2)cc1. The van der Waals surface area contributed by atoms with Crippen molar-refractivity contribution in [3.63, 3.8) is 0 Å². The van der Waals surface area contributed by atoms with Crippen molar-refractivity contribution in [2.75, 3.05) is 40.3 Å². The molecule has 1 aromatic rings. The molecular formula is C17H29N3. The van der Waals surface area contributed by atoms with Gasteiger partial charge in [-0.3, -0.25) is 4.90 Å². The highest BCUT2D eigenvalue weighted by Crippen LogP contribution is 2.26. The maximum absolute atomic E-state index is 6.04. The Morgan fingerprint density at radius 3 is 2.30 bits per heavy atom. The first-order valence-electron chi connectivity index (χ1n) is 7.75. The van der Waals surface area contributed by atoms with Crippen molar-refractivity contribution in [3.05, 3.63) is 35.4 Å². The average Bonchev–Trinajstić information content (AvgIpc) is 2.43. The molecular weight excluding hydrogens is 246 g/mol. The highest BCUT2D eigenvalue weighted by molar-refractivity contribution is 5.24. The quantitative estimate of drug-likeness (QED) is 0.895. The van der Waals surface area contributed by atoms with E-state index in [4.69, 9.17) is 5.73 Å². The number of hydrogen-bond acceptors (Lipinski definition) is 3. The lowest BCUT2D eigenvalue weighted by molar-refractivity contribution is 0.122. The van der Waals surface area contributed by atoms with Crippen molar-refractivity contribution in [3.8, 4) is 0 Å². The van der Waals surface area contributed by atoms with Gasteiger partial charge in [0.15, 0.2) is 0 Å². The fourth-order valence-electron chi connectivity index (χ4n) is 3.25. The molecule has 1 saturated heterocycles. The van der Waals surface area contributed by atoms with Gasteiger partial charge in [-0.1, -0.05) is 29.8 Å². The number of nitrogens with zero attached hydrogens (tertiary/aromatic N) is 2. The summed E-state index contributed by atoms with van der Waals surface area (Å²) < 4.78 is 0. The second-order valence-corrected chi connectivity index (χ2v) is 6.40. The Kier molecular flexibility index (Phi) is 5.58. The van der Waals surface area contributed by atoms with Gasteiger partial charge in [-0.15, -0.1) is 0 Å². The fraction of sp³-hybridized carbons (Fsp3) is 0.647. The predicted octanol–water partition coefficient (Wildman–Crippen LogP) is 2.27. The largest absolute Gasteiger partial charge is 0.329 e. The number of aryl methyl sites for hydroxylation is 1. The smallest absolute Gasteiger partial charge is 0.0470 e. The molecule has 0 spiro atoms. The van der Waals surface area contributed by atoms with Gasteiger partial charge in [0, 0.05) is 19.1 Å². The molecule has 0 saturated carbocycles. The topological polar surface area (TPSA) is 32.5 Å². The number of hydrogen-bond donors (Lipinski definition) is 1. The van der Waals surface area contributed by atoms with Crippen molar-refractivity contribution < 1.29 is 0 Å². The van der Waals surface area contributed by atoms with E-state index in [0.29, 0.717) is 12.6 Å². The Morgan fingerprint density at radius 2 is 1.80 bits per heavy atom. The van der Waals surface area contributed by atoms with Crippen LogP contribution in [0, 0.1) is 12.8 Å². The number of piperidine rings is 1. The second kappa shape index (κ2) is 7.21. The summed E-state index contributed by atoms with van der Waals surface area (Å²) in [5, 5.41) is 0. The van der Waals surface area contributed by atoms with Crippen LogP contribution in [0.25, 0.3) is 0 Å². The minimum atomic E-state index is 0.385. The van der Waals surface area contributed by atoms with E-state index in [-0.39, 0.29) is 0 Å². The van der Waals surface area contributed by atoms with Crippen LogP contribution < -0.4 is 5.73 Å². The summed E-state index contributed by atoms with van der Waals surface area (Å²) in [6, 6.07) is 9.24. The summed E-state index contributed by atoms with van der Waals surface area (Å²) in [5.41, 5.74) is 8.72. The first-order chi connectivity index (χ1) is 9.60. The molecule has 0 aromatic heterocycles. The van der Waals surface area contributed by atoms with Crippen LogP contribution in [0.1, 0.15) is 30.0 Å². The van der Waals surface area contributed by atoms with Crippen molar-refractivity contribution in [2.45, 2.75) is 25.8 Å². The van der Waals surface area contributed by atoms with E-state index in [9.17, 15) is 0 Å². The molecule has 1 aliphatic rings. The third-order valence-electron chi connectivity index (χ3n) is 4.40. The van der Waals surface area contributed by atoms with E-state index in [1.165, 1.54) is 43.6 Å². The first-order valence-corrected chi connectivity index (χ1v) is 7.75. The highest BCUT2D eigenvalue weighted by atomic mass is 15.2. The lowest BCUT2D eigenvalue weighted by atomic mass is 9.93. The van der Waals surface area contributed by atoms with Crippen molar-refractivity contribution in [2.24, 2.45) is 11.7 Å². The summed E-state index contributed by atoms with van der Waals surface area (Å²) in [6.45, 7) is 6.41. The number of benzene rings is 1. The monoisotopic (exact) mass is 275 g/mol. The Morgan fingerprint density at radius 1 is 1.20 bits per heavy atom. The Labute approximate surface area is 123 Å². The maximum atomic E-state index is 6.04. The number of likely N-dealkylation sites (tertiary alicyclic amines) is 1. The Balaban J connectivity index is 1.95. The van der Waals surface area contributed by atoms with Crippen molar-refractivity contribution >= 4 is 0 Å². The van der Waals surface area contributed by atoms with E-state index in [1.807, 2.05) is 0 Å². The molecule has 0 amide bonds. The summed E-state index contributed by atoms with van der Waals surface area (Å²) >= 11 is 0. The zero-order chi connectivity index (χ0) is 14.5. The average molecular weight is 275 g/mol. The van der Waals surface area contributed by atoms with Crippen LogP contribution >= 0.6 is 0 Å². The molecule has 1 atom stereocenters. The lowest BCUT2D eigenvalue weighted by Gasteiger charge is -2.38. The molecule has 0 bridgehead atoms. The van der Waals surface area contributed by atoms with Crippen LogP contribution in [-0.2, 0) is 0 Å². The minimum Gasteiger partial charge on any atom is -0.329 e. The van der Waals surface area contributed by atoms with Gasteiger partial charge < -0.3 is 10.6 Å². The molecule has 3 nitrogen and oxygen atoms in total. The van der Waals surface area contributed by atoms with Crippen LogP contribution in [0.15, 0.2) is 24.3 Å². The molecule has 0 aliphatic carbocycles. The fourth-order valence-corrected chi connectivity index (χ4v) is 3.25. The van der Waals surface area contributed by atoms with E-state index in [0.717, 1.165) is 5.92 Å². The van der Waals surface area contributed by atoms with Crippen LogP contribution in [0.5, 0.6) is 0 Å². The van der Waals surface area contributed by atoms with Gasteiger partial charge in [-0.2, -0.15) is 0 Å². The predicted molar refractivity (Wildman–Crippen MR) is 85.8 cm³/mol. The summed E-state index contributed by atoms with van der Waals surface area (Å²) in [5.74, 6) is 0.845. The summed E-state index contributed by atoms with van der Waals surface area (Å²) in [7, 11) is 4.34. The molecule has 2 rings (SSSR count). The van der Waals surface area contributed by atoms with E-state index in [1.54, 1.807) is 0 Å². The third-order valence-corrected chi connectivity index (χ3v) is 4.40. The molecule has 2 N–H and O–H groups in total. The molecule has 20 heavy (non-hydrogen) atoms. The van der Waals surface area contributed by atoms with Crippen molar-refractivity contribution in [1.29, 1.82) is 0 Å². The summed E-state index contributed by atoms with van der Waals surface area (Å²) in [6.07, 6.45) is 2.58. The van der Waals surface area contributed by atoms with Gasteiger partial charge >= 0.3 is 0 Å². The molecule has 1 aliphatic heterocycles. The molecule has 112 valence electrons. The van der Waals surface area contributed by atoms with E-state index < -0.39 is 0 Å². The maximum Gasteiger partial charge on any atom is 0.0470 e. The van der Waals surface area contributed by atoms with Gasteiger partial charge in [0.05, 0.1) is 0 Å². The third kappa shape index (κ3) is 4.05. The zero-order valence-electron chi connectivity index (χ0n) is 13.2. The highest BCUT2D eigenvalue weighted by Gasteiger charge is 2.25. The van der Waals surface area contributed by atoms with Crippen LogP contribution in [0.4, 0.5) is 0 Å². The second-order valence-electron chi connectivity index (χ2n) is 6.40. The van der Waals surface area contributed by atoms with E-state index >= 15 is 0 Å². The molecule has 3 heteroatoms. The Bertz CT molecular complexity index is 391. The normalized spacial score (nSPS) is 19.4. The lowest BCUT2D eigenvalue weighted by Crippen LogP contribution is -2.41. The van der Waals surface area contributed by atoms with E-state index in [2.05, 4.69) is 55.1 Å². The van der Waals surface area contributed by atoms with Gasteiger partial charge in [0.1, 0.15) is 0 Å². The van der Waals surface area contributed by atoms with Crippen LogP contribution in [0.2, 0.25) is 0 Å². The molecule has 1 aromatic carbocycles. The Hall–Kier alpha value is -0.900. The van der Waals surface area contributed by atoms with Crippen LogP contribution in [-0.4, -0.2) is 50.1 Å². The number of rotatable bonds is 5. The molecule has 1 heterocycles. The van der Waals surface area contributed by atoms with Gasteiger partial charge in [-0.25, -0.2) is 0 Å². The van der Waals surface area contributed by atoms with Gasteiger partial charge in [-0.05, 0) is 58.4 Å². The zero-order valence-corrected chi connectivity index (χ0v) is 13.2. The molecule has 1 unspecified atom stereocenters. The van der Waals surface area contributed by atoms with Crippen LogP contribution in [0.3, 0.4) is 0 Å². The van der Waals surface area contributed by atoms with Crippen molar-refractivity contribution in [1.82, 2.24) is 9.80 Å². The standard InChI is InChI=1S/C17H29N3/c1-14-4-6-16(7-5-14)17(12-18)20-10-8-15(9-11-20)13-19(2)3/h4-7,15,17H,8-13,18H2,1-3H3. The van der Waals surface area contributed by atoms with Gasteiger partial charge in [0.2, 0.25) is 0 Å². The summed E-state index contributed by atoms with van der Waals surface area (Å²) in [4.78, 5) is 4.87.